The van der Waals surface area contributed by atoms with E-state index in [9.17, 15) is 24.6 Å². The number of terminal acetylenes is 1. The highest BCUT2D eigenvalue weighted by Crippen LogP contribution is 2.60. The third kappa shape index (κ3) is 10.7. The number of para-hydroxylation sites is 1. The minimum absolute atomic E-state index is 0.0454. The molecule has 6 aliphatic rings. The zero-order valence-electron chi connectivity index (χ0n) is 42.1. The topological polar surface area (TPSA) is 170 Å². The molecule has 1 aromatic heterocycles. The molecule has 5 N–H and O–H groups in total. The number of phenols is 1. The number of carbonyl (C=O) groups excluding carboxylic acids is 3. The van der Waals surface area contributed by atoms with Crippen molar-refractivity contribution in [3.63, 3.8) is 0 Å². The molecule has 15 nitrogen and oxygen atoms in total. The number of aliphatic hydroxyl groups is 1. The molecule has 1 spiro atoms. The maximum absolute atomic E-state index is 14.3. The maximum Gasteiger partial charge on any atom is 0.246 e. The number of amides is 3. The summed E-state index contributed by atoms with van der Waals surface area (Å²) in [6, 6.07) is 16.6. The molecule has 4 aliphatic heterocycles. The zero-order chi connectivity index (χ0) is 49.3. The first-order valence-corrected chi connectivity index (χ1v) is 26.1. The minimum atomic E-state index is -0.838. The number of aliphatic hydroxyl groups excluding tert-OH is 1. The first-order valence-electron chi connectivity index (χ1n) is 26.1. The summed E-state index contributed by atoms with van der Waals surface area (Å²) in [5.74, 6) is 2.74. The Bertz CT molecular complexity index is 2360. The molecule has 15 heteroatoms. The number of hydrogen-bond acceptors (Lipinski definition) is 12. The van der Waals surface area contributed by atoms with Gasteiger partial charge in [0.15, 0.2) is 5.82 Å². The van der Waals surface area contributed by atoms with Crippen molar-refractivity contribution < 1.29 is 24.6 Å². The Kier molecular flexibility index (Phi) is 14.8. The van der Waals surface area contributed by atoms with Gasteiger partial charge in [0.25, 0.3) is 0 Å². The Morgan fingerprint density at radius 2 is 1.43 bits per heavy atom. The van der Waals surface area contributed by atoms with Crippen LogP contribution >= 0.6 is 0 Å². The summed E-state index contributed by atoms with van der Waals surface area (Å²) in [6.45, 7) is 19.1. The van der Waals surface area contributed by atoms with Crippen LogP contribution in [0.2, 0.25) is 0 Å². The van der Waals surface area contributed by atoms with Crippen molar-refractivity contribution >= 4 is 29.2 Å². The van der Waals surface area contributed by atoms with Gasteiger partial charge in [-0.1, -0.05) is 51.0 Å². The molecule has 2 saturated carbocycles. The maximum atomic E-state index is 14.3. The highest BCUT2D eigenvalue weighted by molar-refractivity contribution is 5.94. The van der Waals surface area contributed by atoms with Crippen LogP contribution in [-0.2, 0) is 14.4 Å². The van der Waals surface area contributed by atoms with Gasteiger partial charge in [0, 0.05) is 80.9 Å². The van der Waals surface area contributed by atoms with Gasteiger partial charge < -0.3 is 45.8 Å². The summed E-state index contributed by atoms with van der Waals surface area (Å²) >= 11 is 0. The molecule has 70 heavy (non-hydrogen) atoms. The summed E-state index contributed by atoms with van der Waals surface area (Å²) in [6.07, 6.45) is 13.7. The number of hydrogen-bond donors (Lipinski definition) is 5. The molecule has 0 unspecified atom stereocenters. The van der Waals surface area contributed by atoms with E-state index in [1.165, 1.54) is 30.6 Å². The standard InChI is InChI=1S/C55H76N10O5/c1-7-37-13-15-38(16-14-37)36(3)57-52(69)47-29-43(66)35-65(47)53(70)49(54(4,5)6)58-51(68)39-31-55(32-39)33-42(34-55)62-23-19-40(20-24-62)61-21-17-41(18-22-61)63-25-27-64(28-26-63)46-30-45(59-60-50(46)56-8-2)44-11-9-10-12-48(44)67/h1,9-16,30,36,39-43,47,49,66-67H,8,17-29,31-35H2,2-6H3,(H,56,60)(H,57,69)(H,58,68)/t36-,39?,42?,43+,47-,49+,55?/m0/s1. The van der Waals surface area contributed by atoms with E-state index in [2.05, 4.69) is 64.7 Å². The van der Waals surface area contributed by atoms with Crippen LogP contribution in [0.4, 0.5) is 11.5 Å². The lowest BCUT2D eigenvalue weighted by Crippen LogP contribution is -2.62. The van der Waals surface area contributed by atoms with Crippen LogP contribution in [0.15, 0.2) is 54.6 Å². The van der Waals surface area contributed by atoms with Crippen LogP contribution in [0.1, 0.15) is 110 Å². The molecular formula is C55H76N10O5. The van der Waals surface area contributed by atoms with Gasteiger partial charge in [-0.25, -0.2) is 0 Å². The minimum Gasteiger partial charge on any atom is -0.507 e. The van der Waals surface area contributed by atoms with Gasteiger partial charge in [0.2, 0.25) is 17.7 Å². The van der Waals surface area contributed by atoms with Gasteiger partial charge in [0.05, 0.1) is 23.5 Å². The SMILES string of the molecule is C#Cc1ccc([C@H](C)NC(=O)[C@@H]2C[C@@H](O)CN2C(=O)[C@@H](NC(=O)C2CC3(C2)CC(N2CCC(N4CCC(N5CCN(c6cc(-c7ccccc7O)nnc6NCC)CC5)CC4)CC2)C3)C(C)(C)C)cc1. The van der Waals surface area contributed by atoms with Gasteiger partial charge in [-0.3, -0.25) is 19.3 Å². The second kappa shape index (κ2) is 20.8. The fraction of sp³-hybridized carbons (Fsp3) is 0.618. The average molecular weight is 957 g/mol. The summed E-state index contributed by atoms with van der Waals surface area (Å²) in [7, 11) is 0. The monoisotopic (exact) mass is 957 g/mol. The lowest BCUT2D eigenvalue weighted by atomic mass is 9.49. The summed E-state index contributed by atoms with van der Waals surface area (Å²) < 4.78 is 0. The van der Waals surface area contributed by atoms with Crippen molar-refractivity contribution in [2.24, 2.45) is 16.7 Å². The zero-order valence-corrected chi connectivity index (χ0v) is 42.1. The van der Waals surface area contributed by atoms with Crippen LogP contribution in [-0.4, -0.2) is 159 Å². The van der Waals surface area contributed by atoms with E-state index in [1.807, 2.05) is 70.2 Å². The molecule has 0 bridgehead atoms. The fourth-order valence-electron chi connectivity index (χ4n) is 12.6. The Morgan fingerprint density at radius 1 is 0.814 bits per heavy atom. The van der Waals surface area contributed by atoms with Crippen molar-refractivity contribution in [3.8, 4) is 29.4 Å². The number of phenolic OH excluding ortho intramolecular Hbond substituents is 1. The van der Waals surface area contributed by atoms with Crippen LogP contribution in [0.5, 0.6) is 5.75 Å². The number of nitrogens with one attached hydrogen (secondary N) is 3. The van der Waals surface area contributed by atoms with E-state index in [4.69, 9.17) is 6.42 Å². The number of piperazine rings is 1. The molecule has 3 aromatic rings. The summed E-state index contributed by atoms with van der Waals surface area (Å²) in [5.41, 5.74) is 3.67. The van der Waals surface area contributed by atoms with Crippen LogP contribution in [0.3, 0.4) is 0 Å². The summed E-state index contributed by atoms with van der Waals surface area (Å²) in [4.78, 5) is 53.8. The third-order valence-electron chi connectivity index (χ3n) is 16.8. The van der Waals surface area contributed by atoms with Gasteiger partial charge in [0.1, 0.15) is 17.8 Å². The van der Waals surface area contributed by atoms with Gasteiger partial charge >= 0.3 is 0 Å². The van der Waals surface area contributed by atoms with Crippen molar-refractivity contribution in [1.82, 2.24) is 40.4 Å². The number of rotatable bonds is 13. The molecular weight excluding hydrogens is 881 g/mol. The molecule has 2 aromatic carbocycles. The Labute approximate surface area is 415 Å². The fourth-order valence-corrected chi connectivity index (χ4v) is 12.6. The number of anilines is 2. The van der Waals surface area contributed by atoms with E-state index in [0.717, 1.165) is 107 Å². The van der Waals surface area contributed by atoms with Crippen LogP contribution in [0, 0.1) is 29.1 Å². The van der Waals surface area contributed by atoms with Crippen molar-refractivity contribution in [1.29, 1.82) is 0 Å². The predicted octanol–water partition coefficient (Wildman–Crippen LogP) is 5.24. The second-order valence-electron chi connectivity index (χ2n) is 22.4. The molecule has 376 valence electrons. The number of likely N-dealkylation sites (tertiary alicyclic amines) is 3. The number of carbonyl (C=O) groups is 3. The molecule has 6 fully saturated rings. The molecule has 4 saturated heterocycles. The van der Waals surface area contributed by atoms with Crippen molar-refractivity contribution in [2.45, 2.75) is 135 Å². The number of aromatic hydroxyl groups is 1. The molecule has 2 aliphatic carbocycles. The molecule has 0 radical (unpaired) electrons. The second-order valence-corrected chi connectivity index (χ2v) is 22.4. The highest BCUT2D eigenvalue weighted by atomic mass is 16.3. The highest BCUT2D eigenvalue weighted by Gasteiger charge is 2.57. The number of benzene rings is 2. The lowest BCUT2D eigenvalue weighted by Gasteiger charge is -2.60. The van der Waals surface area contributed by atoms with E-state index >= 15 is 0 Å². The first-order chi connectivity index (χ1) is 33.6. The van der Waals surface area contributed by atoms with Crippen LogP contribution in [0.25, 0.3) is 11.3 Å². The molecule has 9 rings (SSSR count). The Morgan fingerprint density at radius 3 is 2.03 bits per heavy atom. The number of piperidine rings is 2. The van der Waals surface area contributed by atoms with Gasteiger partial charge in [-0.2, -0.15) is 0 Å². The predicted molar refractivity (Wildman–Crippen MR) is 273 cm³/mol. The van der Waals surface area contributed by atoms with Crippen molar-refractivity contribution in [3.05, 3.63) is 65.7 Å². The van der Waals surface area contributed by atoms with E-state index in [1.54, 1.807) is 6.07 Å². The lowest BCUT2D eigenvalue weighted by molar-refractivity contribution is -0.150. The largest absolute Gasteiger partial charge is 0.507 e. The van der Waals surface area contributed by atoms with Crippen LogP contribution < -0.4 is 20.9 Å². The quantitative estimate of drug-likeness (QED) is 0.142. The number of nitrogens with zero attached hydrogens (tertiary/aromatic N) is 7. The smallest absolute Gasteiger partial charge is 0.246 e. The van der Waals surface area contributed by atoms with Gasteiger partial charge in [-0.15, -0.1) is 16.6 Å². The molecule has 4 atom stereocenters. The summed E-state index contributed by atoms with van der Waals surface area (Å²) in [5, 5.41) is 39.7. The average Bonchev–Trinajstić information content (AvgIpc) is 3.74. The normalized spacial score (nSPS) is 27.0. The molecule has 5 heterocycles. The van der Waals surface area contributed by atoms with E-state index in [0.29, 0.717) is 29.4 Å². The Balaban J connectivity index is 0.693. The number of aromatic nitrogens is 2. The van der Waals surface area contributed by atoms with E-state index in [-0.39, 0.29) is 53.8 Å². The molecule has 3 amide bonds. The Hall–Kier alpha value is -5.27. The first kappa shape index (κ1) is 49.7. The number of β-amino-alcohol motifs (C(OH)–C–C–N with tert-alkyl or cyclic N) is 1. The third-order valence-corrected chi connectivity index (χ3v) is 16.8. The van der Waals surface area contributed by atoms with E-state index < -0.39 is 23.6 Å². The van der Waals surface area contributed by atoms with Gasteiger partial charge in [-0.05, 0) is 138 Å². The van der Waals surface area contributed by atoms with Crippen molar-refractivity contribution in [2.75, 3.05) is 75.7 Å².